The molecule has 33 heavy (non-hydrogen) atoms. The molecule has 6 heteroatoms. The minimum atomic E-state index is 0.613. The van der Waals surface area contributed by atoms with Gasteiger partial charge in [-0.2, -0.15) is 0 Å². The Bertz CT molecular complexity index is 943. The molecule has 0 N–H and O–H groups in total. The highest BCUT2D eigenvalue weighted by Gasteiger charge is 2.01. The third kappa shape index (κ3) is 13.9. The van der Waals surface area contributed by atoms with Crippen molar-refractivity contribution >= 4 is 77.5 Å². The van der Waals surface area contributed by atoms with Crippen molar-refractivity contribution in [1.29, 1.82) is 0 Å². The molecule has 3 heterocycles. The van der Waals surface area contributed by atoms with E-state index in [4.69, 9.17) is 11.6 Å². The van der Waals surface area contributed by atoms with Crippen LogP contribution in [-0.2, 0) is 0 Å². The zero-order valence-electron chi connectivity index (χ0n) is 20.0. The number of benzene rings is 1. The molecule has 180 valence electrons. The summed E-state index contributed by atoms with van der Waals surface area (Å²) in [4.78, 5) is 4.28. The van der Waals surface area contributed by atoms with E-state index in [2.05, 4.69) is 109 Å². The molecule has 3 aromatic heterocycles. The highest BCUT2D eigenvalue weighted by Crippen LogP contribution is 2.28. The molecule has 0 saturated carbocycles. The van der Waals surface area contributed by atoms with Crippen molar-refractivity contribution in [3.8, 4) is 0 Å². The summed E-state index contributed by atoms with van der Waals surface area (Å²) in [7, 11) is 0. The predicted octanol–water partition coefficient (Wildman–Crippen LogP) is 12.5. The molecule has 4 rings (SSSR count). The van der Waals surface area contributed by atoms with Crippen LogP contribution in [0.15, 0.2) is 80.4 Å². The first-order chi connectivity index (χ1) is 15.6. The van der Waals surface area contributed by atoms with E-state index in [0.717, 1.165) is 8.81 Å². The molecular formula is C27H33Br2ClS3. The molecule has 0 aliphatic carbocycles. The van der Waals surface area contributed by atoms with Crippen molar-refractivity contribution in [3.05, 3.63) is 99.3 Å². The number of hydrogen-bond acceptors (Lipinski definition) is 3. The van der Waals surface area contributed by atoms with E-state index in [-0.39, 0.29) is 0 Å². The van der Waals surface area contributed by atoms with Crippen LogP contribution in [0.3, 0.4) is 0 Å². The second kappa shape index (κ2) is 17.1. The normalized spacial score (nSPS) is 10.2. The fourth-order valence-corrected chi connectivity index (χ4v) is 5.85. The molecule has 0 unspecified atom stereocenters. The molecular weight excluding hydrogens is 616 g/mol. The molecule has 0 amide bonds. The summed E-state index contributed by atoms with van der Waals surface area (Å²) in [6.45, 7) is 13.2. The van der Waals surface area contributed by atoms with Crippen LogP contribution in [0.2, 0.25) is 4.34 Å². The summed E-state index contributed by atoms with van der Waals surface area (Å²) in [5.74, 6) is 1.98. The predicted molar refractivity (Wildman–Crippen MR) is 162 cm³/mol. The maximum atomic E-state index is 5.72. The van der Waals surface area contributed by atoms with Gasteiger partial charge >= 0.3 is 0 Å². The van der Waals surface area contributed by atoms with Crippen LogP contribution in [-0.4, -0.2) is 0 Å². The zero-order chi connectivity index (χ0) is 24.8. The van der Waals surface area contributed by atoms with Gasteiger partial charge in [0.25, 0.3) is 0 Å². The van der Waals surface area contributed by atoms with Crippen molar-refractivity contribution in [2.45, 2.75) is 59.3 Å². The number of hydrogen-bond donors (Lipinski definition) is 0. The quantitative estimate of drug-likeness (QED) is 0.207. The first-order valence-electron chi connectivity index (χ1n) is 10.8. The van der Waals surface area contributed by atoms with Crippen LogP contribution in [0.1, 0.15) is 73.9 Å². The van der Waals surface area contributed by atoms with Crippen molar-refractivity contribution in [2.75, 3.05) is 0 Å². The summed E-state index contributed by atoms with van der Waals surface area (Å²) >= 11 is 17.8. The lowest BCUT2D eigenvalue weighted by atomic mass is 10.2. The zero-order valence-corrected chi connectivity index (χ0v) is 26.4. The fraction of sp³-hybridized carbons (Fsp3) is 0.333. The second-order valence-electron chi connectivity index (χ2n) is 8.06. The lowest BCUT2D eigenvalue weighted by Crippen LogP contribution is -1.77. The summed E-state index contributed by atoms with van der Waals surface area (Å²) < 4.78 is 3.25. The highest BCUT2D eigenvalue weighted by atomic mass is 79.9. The van der Waals surface area contributed by atoms with Crippen LogP contribution in [0.4, 0.5) is 0 Å². The van der Waals surface area contributed by atoms with Crippen molar-refractivity contribution in [1.82, 2.24) is 0 Å². The minimum absolute atomic E-state index is 0.613. The van der Waals surface area contributed by atoms with E-state index in [1.807, 2.05) is 59.1 Å². The monoisotopic (exact) mass is 646 g/mol. The molecule has 0 atom stereocenters. The van der Waals surface area contributed by atoms with Crippen molar-refractivity contribution < 1.29 is 0 Å². The van der Waals surface area contributed by atoms with Gasteiger partial charge in [0.15, 0.2) is 0 Å². The largest absolute Gasteiger partial charge is 0.149 e. The Labute approximate surface area is 234 Å². The van der Waals surface area contributed by atoms with Crippen LogP contribution >= 0.6 is 77.5 Å². The molecule has 0 nitrogen and oxygen atoms in total. The molecule has 0 aliphatic heterocycles. The van der Waals surface area contributed by atoms with Gasteiger partial charge in [0.05, 0.1) is 8.12 Å². The van der Waals surface area contributed by atoms with E-state index < -0.39 is 0 Å². The molecule has 0 saturated heterocycles. The summed E-state index contributed by atoms with van der Waals surface area (Å²) in [5.41, 5.74) is 0. The summed E-state index contributed by atoms with van der Waals surface area (Å²) in [6.07, 6.45) is 0. The van der Waals surface area contributed by atoms with E-state index >= 15 is 0 Å². The van der Waals surface area contributed by atoms with Gasteiger partial charge in [-0.1, -0.05) is 93.3 Å². The highest BCUT2D eigenvalue weighted by molar-refractivity contribution is 9.11. The number of rotatable bonds is 3. The molecule has 0 aliphatic rings. The maximum absolute atomic E-state index is 5.72. The summed E-state index contributed by atoms with van der Waals surface area (Å²) in [5, 5.41) is 2.12. The van der Waals surface area contributed by atoms with E-state index in [1.165, 1.54) is 18.4 Å². The minimum Gasteiger partial charge on any atom is -0.149 e. The molecule has 0 radical (unpaired) electrons. The van der Waals surface area contributed by atoms with Gasteiger partial charge < -0.3 is 0 Å². The number of thiophene rings is 3. The lowest BCUT2D eigenvalue weighted by Gasteiger charge is -1.95. The average Bonchev–Trinajstić information content (AvgIpc) is 3.52. The second-order valence-corrected chi connectivity index (χ2v) is 14.2. The van der Waals surface area contributed by atoms with Gasteiger partial charge in [0.1, 0.15) is 0 Å². The Hall–Kier alpha value is -0.430. The molecule has 0 spiro atoms. The Kier molecular flexibility index (Phi) is 15.8. The van der Waals surface area contributed by atoms with Crippen LogP contribution < -0.4 is 0 Å². The standard InChI is InChI=1S/C7H9BrS.C7H9ClS.C7H10S.C6H5Br/c2*1-5(2)6-3-4-7(8)9-6;1-6(2)7-4-3-5-8-7;7-6-4-2-1-3-5-6/h2*3-5H,1-2H3;3-6H,1-2H3;1-5H. The lowest BCUT2D eigenvalue weighted by molar-refractivity contribution is 0.890. The molecule has 0 bridgehead atoms. The van der Waals surface area contributed by atoms with Crippen molar-refractivity contribution in [3.63, 3.8) is 0 Å². The first kappa shape index (κ1) is 30.6. The Morgan fingerprint density at radius 3 is 1.39 bits per heavy atom. The van der Waals surface area contributed by atoms with Crippen molar-refractivity contribution in [2.24, 2.45) is 0 Å². The average molecular weight is 649 g/mol. The Balaban J connectivity index is 0.000000221. The first-order valence-corrected chi connectivity index (χ1v) is 15.3. The third-order valence-electron chi connectivity index (χ3n) is 4.17. The van der Waals surface area contributed by atoms with E-state index in [1.54, 1.807) is 11.3 Å². The molecule has 1 aromatic carbocycles. The fourth-order valence-electron chi connectivity index (χ4n) is 2.31. The topological polar surface area (TPSA) is 0 Å². The van der Waals surface area contributed by atoms with Gasteiger partial charge in [-0.05, 0) is 81.5 Å². The maximum Gasteiger partial charge on any atom is 0.0931 e. The van der Waals surface area contributed by atoms with Gasteiger partial charge in [-0.3, -0.25) is 0 Å². The van der Waals surface area contributed by atoms with Gasteiger partial charge in [0, 0.05) is 19.1 Å². The Morgan fingerprint density at radius 2 is 1.15 bits per heavy atom. The SMILES string of the molecule is Brc1ccccc1.CC(C)c1ccc(Br)s1.CC(C)c1ccc(Cl)s1.CC(C)c1cccs1. The van der Waals surface area contributed by atoms with Gasteiger partial charge in [-0.15, -0.1) is 34.0 Å². The van der Waals surface area contributed by atoms with Gasteiger partial charge in [-0.25, -0.2) is 0 Å². The summed E-state index contributed by atoms with van der Waals surface area (Å²) in [6, 6.07) is 22.5. The Morgan fingerprint density at radius 1 is 0.606 bits per heavy atom. The van der Waals surface area contributed by atoms with Crippen LogP contribution in [0, 0.1) is 0 Å². The smallest absolute Gasteiger partial charge is 0.0931 e. The van der Waals surface area contributed by atoms with E-state index in [0.29, 0.717) is 17.8 Å². The molecule has 4 aromatic rings. The number of halogens is 3. The van der Waals surface area contributed by atoms with Crippen LogP contribution in [0.25, 0.3) is 0 Å². The van der Waals surface area contributed by atoms with Gasteiger partial charge in [0.2, 0.25) is 0 Å². The third-order valence-corrected chi connectivity index (χ3v) is 9.33. The van der Waals surface area contributed by atoms with E-state index in [9.17, 15) is 0 Å². The van der Waals surface area contributed by atoms with Crippen LogP contribution in [0.5, 0.6) is 0 Å². The molecule has 0 fully saturated rings.